The van der Waals surface area contributed by atoms with Crippen molar-refractivity contribution in [2.75, 3.05) is 0 Å². The summed E-state index contributed by atoms with van der Waals surface area (Å²) >= 11 is 7.59. The van der Waals surface area contributed by atoms with E-state index in [1.807, 2.05) is 11.4 Å². The number of thiophene rings is 1. The van der Waals surface area contributed by atoms with Gasteiger partial charge in [0.2, 0.25) is 0 Å². The predicted octanol–water partition coefficient (Wildman–Crippen LogP) is 4.25. The number of hydrogen-bond acceptors (Lipinski definition) is 2. The van der Waals surface area contributed by atoms with Crippen molar-refractivity contribution in [2.45, 2.75) is 26.4 Å². The Morgan fingerprint density at radius 2 is 1.94 bits per heavy atom. The first-order valence-corrected chi connectivity index (χ1v) is 7.05. The highest BCUT2D eigenvalue weighted by Crippen LogP contribution is 2.19. The molecule has 1 aromatic carbocycles. The molecule has 90 valence electrons. The molecular weight excluding hydrogens is 250 g/mol. The molecule has 1 heterocycles. The maximum Gasteiger partial charge on any atom is 0.0516 e. The number of hydrogen-bond donors (Lipinski definition) is 1. The second kappa shape index (κ2) is 6.20. The average Bonchev–Trinajstić information content (AvgIpc) is 2.76. The number of aryl methyl sites for hydroxylation is 1. The Morgan fingerprint density at radius 3 is 2.59 bits per heavy atom. The molecule has 2 aromatic rings. The van der Waals surface area contributed by atoms with Gasteiger partial charge in [-0.05, 0) is 23.6 Å². The summed E-state index contributed by atoms with van der Waals surface area (Å²) in [6, 6.07) is 10.6. The van der Waals surface area contributed by atoms with E-state index in [0.717, 1.165) is 24.5 Å². The highest BCUT2D eigenvalue weighted by molar-refractivity contribution is 7.10. The molecule has 0 unspecified atom stereocenters. The van der Waals surface area contributed by atoms with Gasteiger partial charge >= 0.3 is 0 Å². The van der Waals surface area contributed by atoms with Crippen LogP contribution in [0.1, 0.15) is 22.9 Å². The highest BCUT2D eigenvalue weighted by Gasteiger charge is 2.00. The molecule has 0 radical (unpaired) electrons. The van der Waals surface area contributed by atoms with E-state index in [1.54, 1.807) is 11.3 Å². The van der Waals surface area contributed by atoms with Gasteiger partial charge in [0.25, 0.3) is 0 Å². The van der Waals surface area contributed by atoms with Crippen LogP contribution < -0.4 is 5.32 Å². The normalized spacial score (nSPS) is 10.7. The highest BCUT2D eigenvalue weighted by atomic mass is 35.5. The van der Waals surface area contributed by atoms with Gasteiger partial charge in [-0.1, -0.05) is 42.8 Å². The first-order chi connectivity index (χ1) is 8.29. The van der Waals surface area contributed by atoms with Crippen molar-refractivity contribution in [3.8, 4) is 0 Å². The fourth-order valence-electron chi connectivity index (χ4n) is 1.84. The Kier molecular flexibility index (Phi) is 4.60. The first-order valence-electron chi connectivity index (χ1n) is 5.80. The van der Waals surface area contributed by atoms with Gasteiger partial charge in [0, 0.05) is 23.3 Å². The molecule has 0 atom stereocenters. The lowest BCUT2D eigenvalue weighted by Crippen LogP contribution is -2.13. The van der Waals surface area contributed by atoms with E-state index >= 15 is 0 Å². The molecule has 17 heavy (non-hydrogen) atoms. The minimum absolute atomic E-state index is 0.834. The van der Waals surface area contributed by atoms with Crippen LogP contribution in [0.15, 0.2) is 35.7 Å². The predicted molar refractivity (Wildman–Crippen MR) is 75.7 cm³/mol. The van der Waals surface area contributed by atoms with Gasteiger partial charge in [-0.2, -0.15) is 0 Å². The van der Waals surface area contributed by atoms with Gasteiger partial charge in [-0.25, -0.2) is 0 Å². The van der Waals surface area contributed by atoms with Crippen molar-refractivity contribution in [1.29, 1.82) is 0 Å². The molecule has 0 saturated heterocycles. The summed E-state index contributed by atoms with van der Waals surface area (Å²) in [5, 5.41) is 6.26. The Bertz CT molecular complexity index is 479. The van der Waals surface area contributed by atoms with Crippen molar-refractivity contribution in [3.63, 3.8) is 0 Å². The van der Waals surface area contributed by atoms with Crippen molar-refractivity contribution in [1.82, 2.24) is 5.32 Å². The minimum atomic E-state index is 0.834. The minimum Gasteiger partial charge on any atom is -0.308 e. The van der Waals surface area contributed by atoms with E-state index in [9.17, 15) is 0 Å². The second-order valence-corrected chi connectivity index (χ2v) is 5.39. The molecule has 0 aliphatic heterocycles. The first kappa shape index (κ1) is 12.6. The number of halogens is 1. The van der Waals surface area contributed by atoms with Crippen LogP contribution >= 0.6 is 22.9 Å². The molecule has 1 N–H and O–H groups in total. The summed E-state index contributed by atoms with van der Waals surface area (Å²) in [7, 11) is 0. The topological polar surface area (TPSA) is 12.0 Å². The molecule has 0 spiro atoms. The fraction of sp³-hybridized carbons (Fsp3) is 0.286. The SMILES string of the molecule is CCc1ccccc1CNCc1cc(Cl)cs1. The summed E-state index contributed by atoms with van der Waals surface area (Å²) in [6.45, 7) is 3.99. The third-order valence-corrected chi connectivity index (χ3v) is 4.02. The van der Waals surface area contributed by atoms with Crippen LogP contribution in [-0.2, 0) is 19.5 Å². The molecule has 0 fully saturated rings. The Labute approximate surface area is 111 Å². The molecule has 1 nitrogen and oxygen atoms in total. The van der Waals surface area contributed by atoms with Crippen LogP contribution in [0.2, 0.25) is 5.02 Å². The Balaban J connectivity index is 1.89. The van der Waals surface area contributed by atoms with E-state index in [-0.39, 0.29) is 0 Å². The molecule has 2 rings (SSSR count). The molecule has 0 bridgehead atoms. The zero-order valence-corrected chi connectivity index (χ0v) is 11.4. The van der Waals surface area contributed by atoms with Crippen molar-refractivity contribution < 1.29 is 0 Å². The molecule has 0 aliphatic carbocycles. The quantitative estimate of drug-likeness (QED) is 0.852. The summed E-state index contributed by atoms with van der Waals surface area (Å²) in [6.07, 6.45) is 1.09. The van der Waals surface area contributed by atoms with Gasteiger partial charge in [-0.15, -0.1) is 11.3 Å². The summed E-state index contributed by atoms with van der Waals surface area (Å²) in [5.74, 6) is 0. The summed E-state index contributed by atoms with van der Waals surface area (Å²) in [4.78, 5) is 1.28. The van der Waals surface area contributed by atoms with Gasteiger partial charge in [0.05, 0.1) is 5.02 Å². The van der Waals surface area contributed by atoms with E-state index in [1.165, 1.54) is 16.0 Å². The zero-order chi connectivity index (χ0) is 12.1. The fourth-order valence-corrected chi connectivity index (χ4v) is 2.88. The Hall–Kier alpha value is -0.830. The summed E-state index contributed by atoms with van der Waals surface area (Å²) in [5.41, 5.74) is 2.81. The third kappa shape index (κ3) is 3.56. The molecule has 0 saturated carbocycles. The number of rotatable bonds is 5. The van der Waals surface area contributed by atoms with E-state index in [4.69, 9.17) is 11.6 Å². The van der Waals surface area contributed by atoms with E-state index in [2.05, 4.69) is 36.5 Å². The molecule has 0 aliphatic rings. The van der Waals surface area contributed by atoms with Crippen molar-refractivity contribution in [3.05, 3.63) is 56.7 Å². The third-order valence-electron chi connectivity index (χ3n) is 2.74. The van der Waals surface area contributed by atoms with Gasteiger partial charge < -0.3 is 5.32 Å². The second-order valence-electron chi connectivity index (χ2n) is 3.96. The maximum atomic E-state index is 5.89. The standard InChI is InChI=1S/C14H16ClNS/c1-2-11-5-3-4-6-12(11)8-16-9-14-7-13(15)10-17-14/h3-7,10,16H,2,8-9H2,1H3. The van der Waals surface area contributed by atoms with Crippen LogP contribution in [0, 0.1) is 0 Å². The lowest BCUT2D eigenvalue weighted by Gasteiger charge is -2.08. The van der Waals surface area contributed by atoms with E-state index in [0.29, 0.717) is 0 Å². The van der Waals surface area contributed by atoms with Crippen LogP contribution in [0.4, 0.5) is 0 Å². The molecule has 3 heteroatoms. The average molecular weight is 266 g/mol. The maximum absolute atomic E-state index is 5.89. The molecule has 0 amide bonds. The zero-order valence-electron chi connectivity index (χ0n) is 9.87. The molecule has 1 aromatic heterocycles. The number of nitrogens with one attached hydrogen (secondary N) is 1. The molecular formula is C14H16ClNS. The van der Waals surface area contributed by atoms with Crippen LogP contribution in [-0.4, -0.2) is 0 Å². The van der Waals surface area contributed by atoms with Crippen LogP contribution in [0.25, 0.3) is 0 Å². The summed E-state index contributed by atoms with van der Waals surface area (Å²) < 4.78 is 0. The largest absolute Gasteiger partial charge is 0.308 e. The van der Waals surface area contributed by atoms with Crippen LogP contribution in [0.5, 0.6) is 0 Å². The van der Waals surface area contributed by atoms with Crippen molar-refractivity contribution >= 4 is 22.9 Å². The lowest BCUT2D eigenvalue weighted by molar-refractivity contribution is 0.695. The number of benzene rings is 1. The smallest absolute Gasteiger partial charge is 0.0516 e. The Morgan fingerprint density at radius 1 is 1.18 bits per heavy atom. The van der Waals surface area contributed by atoms with Gasteiger partial charge in [0.15, 0.2) is 0 Å². The van der Waals surface area contributed by atoms with E-state index < -0.39 is 0 Å². The van der Waals surface area contributed by atoms with Gasteiger partial charge in [-0.3, -0.25) is 0 Å². The van der Waals surface area contributed by atoms with Crippen molar-refractivity contribution in [2.24, 2.45) is 0 Å². The lowest BCUT2D eigenvalue weighted by atomic mass is 10.1. The van der Waals surface area contributed by atoms with Gasteiger partial charge in [0.1, 0.15) is 0 Å². The van der Waals surface area contributed by atoms with Crippen LogP contribution in [0.3, 0.4) is 0 Å². The monoisotopic (exact) mass is 265 g/mol.